The number of imidazole rings is 1. The normalized spacial score (nSPS) is 12.5. The predicted octanol–water partition coefficient (Wildman–Crippen LogP) is 0.973. The fraction of sp³-hybridized carbons (Fsp3) is 0.421. The van der Waals surface area contributed by atoms with E-state index in [1.165, 1.54) is 11.6 Å². The van der Waals surface area contributed by atoms with Crippen molar-refractivity contribution in [3.05, 3.63) is 56.2 Å². The summed E-state index contributed by atoms with van der Waals surface area (Å²) in [6.07, 6.45) is 0.546. The van der Waals surface area contributed by atoms with Gasteiger partial charge in [-0.05, 0) is 31.4 Å². The SMILES string of the molecule is Cc1ccccc1Cn1c(N[C@@H](C)CCO)nc2c1c(=O)n(C)c(=O)n2C. The third-order valence-electron chi connectivity index (χ3n) is 4.88. The average Bonchev–Trinajstić information content (AvgIpc) is 2.98. The summed E-state index contributed by atoms with van der Waals surface area (Å²) in [5, 5.41) is 12.5. The second-order valence-electron chi connectivity index (χ2n) is 6.88. The minimum atomic E-state index is -0.414. The molecule has 3 aromatic rings. The lowest BCUT2D eigenvalue weighted by atomic mass is 10.1. The molecule has 1 aromatic carbocycles. The number of hydrogen-bond donors (Lipinski definition) is 2. The molecule has 8 nitrogen and oxygen atoms in total. The van der Waals surface area contributed by atoms with Gasteiger partial charge in [-0.1, -0.05) is 24.3 Å². The monoisotopic (exact) mass is 371 g/mol. The van der Waals surface area contributed by atoms with Crippen LogP contribution >= 0.6 is 0 Å². The van der Waals surface area contributed by atoms with Crippen LogP contribution in [-0.2, 0) is 20.6 Å². The van der Waals surface area contributed by atoms with Crippen molar-refractivity contribution in [3.8, 4) is 0 Å². The highest BCUT2D eigenvalue weighted by Crippen LogP contribution is 2.20. The van der Waals surface area contributed by atoms with Crippen LogP contribution in [0, 0.1) is 6.92 Å². The summed E-state index contributed by atoms with van der Waals surface area (Å²) >= 11 is 0. The number of aliphatic hydroxyl groups is 1. The fourth-order valence-electron chi connectivity index (χ4n) is 3.15. The molecule has 0 aliphatic rings. The largest absolute Gasteiger partial charge is 0.396 e. The van der Waals surface area contributed by atoms with Gasteiger partial charge in [-0.25, -0.2) is 4.79 Å². The Labute approximate surface area is 156 Å². The number of aliphatic hydroxyl groups excluding tert-OH is 1. The number of aromatic nitrogens is 4. The molecule has 2 aromatic heterocycles. The maximum absolute atomic E-state index is 12.8. The van der Waals surface area contributed by atoms with Gasteiger partial charge in [0, 0.05) is 26.7 Å². The zero-order valence-electron chi connectivity index (χ0n) is 16.1. The van der Waals surface area contributed by atoms with E-state index in [4.69, 9.17) is 0 Å². The first-order valence-corrected chi connectivity index (χ1v) is 8.93. The van der Waals surface area contributed by atoms with Gasteiger partial charge in [0.15, 0.2) is 11.2 Å². The van der Waals surface area contributed by atoms with E-state index in [-0.39, 0.29) is 18.2 Å². The van der Waals surface area contributed by atoms with Gasteiger partial charge < -0.3 is 10.4 Å². The van der Waals surface area contributed by atoms with Crippen LogP contribution in [0.15, 0.2) is 33.9 Å². The molecule has 3 rings (SSSR count). The van der Waals surface area contributed by atoms with Crippen LogP contribution in [0.3, 0.4) is 0 Å². The average molecular weight is 371 g/mol. The Morgan fingerprint density at radius 3 is 2.56 bits per heavy atom. The van der Waals surface area contributed by atoms with Crippen LogP contribution in [-0.4, -0.2) is 36.4 Å². The van der Waals surface area contributed by atoms with Crippen LogP contribution in [0.4, 0.5) is 5.95 Å². The molecule has 0 radical (unpaired) electrons. The summed E-state index contributed by atoms with van der Waals surface area (Å²) in [6.45, 7) is 4.45. The maximum atomic E-state index is 12.8. The van der Waals surface area contributed by atoms with E-state index in [2.05, 4.69) is 10.3 Å². The second-order valence-corrected chi connectivity index (χ2v) is 6.88. The lowest BCUT2D eigenvalue weighted by Gasteiger charge is -2.16. The molecule has 1 atom stereocenters. The molecular weight excluding hydrogens is 346 g/mol. The summed E-state index contributed by atoms with van der Waals surface area (Å²) in [5.74, 6) is 0.507. The molecule has 144 valence electrons. The van der Waals surface area contributed by atoms with Crippen LogP contribution < -0.4 is 16.6 Å². The molecule has 27 heavy (non-hydrogen) atoms. The highest BCUT2D eigenvalue weighted by molar-refractivity contribution is 5.74. The minimum absolute atomic E-state index is 0.0386. The Bertz CT molecular complexity index is 1090. The van der Waals surface area contributed by atoms with Crippen molar-refractivity contribution in [2.45, 2.75) is 32.9 Å². The number of rotatable bonds is 6. The summed E-state index contributed by atoms with van der Waals surface area (Å²) in [4.78, 5) is 29.7. The van der Waals surface area contributed by atoms with Crippen molar-refractivity contribution >= 4 is 17.1 Å². The summed E-state index contributed by atoms with van der Waals surface area (Å²) in [5.41, 5.74) is 2.10. The third-order valence-corrected chi connectivity index (χ3v) is 4.88. The molecule has 0 spiro atoms. The van der Waals surface area contributed by atoms with E-state index >= 15 is 0 Å². The third kappa shape index (κ3) is 3.40. The van der Waals surface area contributed by atoms with Gasteiger partial charge >= 0.3 is 5.69 Å². The number of fused-ring (bicyclic) bond motifs is 1. The number of aryl methyl sites for hydroxylation is 2. The molecule has 8 heteroatoms. The number of nitrogens with one attached hydrogen (secondary N) is 1. The van der Waals surface area contributed by atoms with Gasteiger partial charge in [0.05, 0.1) is 6.54 Å². The lowest BCUT2D eigenvalue weighted by Crippen LogP contribution is -2.37. The zero-order chi connectivity index (χ0) is 19.7. The molecule has 0 bridgehead atoms. The highest BCUT2D eigenvalue weighted by atomic mass is 16.3. The number of anilines is 1. The topological polar surface area (TPSA) is 94.1 Å². The second kappa shape index (κ2) is 7.40. The first kappa shape index (κ1) is 18.9. The van der Waals surface area contributed by atoms with Crippen LogP contribution in [0.2, 0.25) is 0 Å². The van der Waals surface area contributed by atoms with E-state index in [1.807, 2.05) is 42.7 Å². The first-order chi connectivity index (χ1) is 12.8. The first-order valence-electron chi connectivity index (χ1n) is 8.93. The molecule has 0 saturated heterocycles. The smallest absolute Gasteiger partial charge is 0.332 e. The molecule has 0 aliphatic carbocycles. The van der Waals surface area contributed by atoms with Crippen molar-refractivity contribution in [1.29, 1.82) is 0 Å². The quantitative estimate of drug-likeness (QED) is 0.673. The number of hydrogen-bond acceptors (Lipinski definition) is 5. The van der Waals surface area contributed by atoms with Gasteiger partial charge in [0.25, 0.3) is 5.56 Å². The van der Waals surface area contributed by atoms with Gasteiger partial charge in [0.1, 0.15) is 0 Å². The van der Waals surface area contributed by atoms with Gasteiger partial charge in [0.2, 0.25) is 5.95 Å². The van der Waals surface area contributed by atoms with Crippen molar-refractivity contribution < 1.29 is 5.11 Å². The Morgan fingerprint density at radius 1 is 1.19 bits per heavy atom. The van der Waals surface area contributed by atoms with Gasteiger partial charge in [-0.2, -0.15) is 4.98 Å². The summed E-state index contributed by atoms with van der Waals surface area (Å²) in [6, 6.07) is 7.91. The van der Waals surface area contributed by atoms with Gasteiger partial charge in [-0.3, -0.25) is 18.5 Å². The molecular formula is C19H25N5O3. The Morgan fingerprint density at radius 2 is 1.89 bits per heavy atom. The van der Waals surface area contributed by atoms with E-state index < -0.39 is 5.69 Å². The predicted molar refractivity (Wildman–Crippen MR) is 105 cm³/mol. The van der Waals surface area contributed by atoms with E-state index in [9.17, 15) is 14.7 Å². The Kier molecular flexibility index (Phi) is 5.18. The highest BCUT2D eigenvalue weighted by Gasteiger charge is 2.20. The van der Waals surface area contributed by atoms with Crippen molar-refractivity contribution in [1.82, 2.24) is 18.7 Å². The lowest BCUT2D eigenvalue weighted by molar-refractivity contribution is 0.282. The molecule has 0 saturated carbocycles. The molecule has 2 N–H and O–H groups in total. The van der Waals surface area contributed by atoms with E-state index in [1.54, 1.807) is 7.05 Å². The van der Waals surface area contributed by atoms with Crippen LogP contribution in [0.25, 0.3) is 11.2 Å². The zero-order valence-corrected chi connectivity index (χ0v) is 16.1. The number of benzene rings is 1. The van der Waals surface area contributed by atoms with Crippen LogP contribution in [0.1, 0.15) is 24.5 Å². The summed E-state index contributed by atoms with van der Waals surface area (Å²) in [7, 11) is 3.08. The standard InChI is InChI=1S/C19H25N5O3/c1-12-7-5-6-8-14(12)11-24-15-16(21-18(24)20-13(2)9-10-25)22(3)19(27)23(4)17(15)26/h5-8,13,25H,9-11H2,1-4H3,(H,20,21)/t13-/m0/s1. The van der Waals surface area contributed by atoms with Crippen LogP contribution in [0.5, 0.6) is 0 Å². The Balaban J connectivity index is 2.25. The molecule has 0 aliphatic heterocycles. The summed E-state index contributed by atoms with van der Waals surface area (Å²) < 4.78 is 4.29. The maximum Gasteiger partial charge on any atom is 0.332 e. The fourth-order valence-corrected chi connectivity index (χ4v) is 3.15. The van der Waals surface area contributed by atoms with E-state index in [0.29, 0.717) is 30.1 Å². The minimum Gasteiger partial charge on any atom is -0.396 e. The molecule has 2 heterocycles. The molecule has 0 unspecified atom stereocenters. The molecule has 0 amide bonds. The Hall–Kier alpha value is -2.87. The van der Waals surface area contributed by atoms with Crippen molar-refractivity contribution in [2.24, 2.45) is 14.1 Å². The number of nitrogens with zero attached hydrogens (tertiary/aromatic N) is 4. The van der Waals surface area contributed by atoms with Gasteiger partial charge in [-0.15, -0.1) is 0 Å². The van der Waals surface area contributed by atoms with E-state index in [0.717, 1.165) is 15.7 Å². The van der Waals surface area contributed by atoms with Crippen molar-refractivity contribution in [2.75, 3.05) is 11.9 Å². The molecule has 0 fully saturated rings. The van der Waals surface area contributed by atoms with Crippen molar-refractivity contribution in [3.63, 3.8) is 0 Å².